The van der Waals surface area contributed by atoms with Crippen LogP contribution in [0.4, 0.5) is 0 Å². The van der Waals surface area contributed by atoms with Gasteiger partial charge in [-0.05, 0) is 25.5 Å². The first-order valence-electron chi connectivity index (χ1n) is 6.05. The van der Waals surface area contributed by atoms with Gasteiger partial charge in [0.05, 0.1) is 18.5 Å². The Bertz CT molecular complexity index is 608. The summed E-state index contributed by atoms with van der Waals surface area (Å²) >= 11 is 0. The zero-order chi connectivity index (χ0) is 13.8. The van der Waals surface area contributed by atoms with Crippen LogP contribution >= 0.6 is 0 Å². The van der Waals surface area contributed by atoms with E-state index in [4.69, 9.17) is 4.74 Å². The van der Waals surface area contributed by atoms with Crippen LogP contribution in [0.3, 0.4) is 0 Å². The number of aryl methyl sites for hydroxylation is 1. The molecule has 0 saturated heterocycles. The van der Waals surface area contributed by atoms with Gasteiger partial charge < -0.3 is 9.84 Å². The molecule has 0 radical (unpaired) electrons. The van der Waals surface area contributed by atoms with Gasteiger partial charge in [0.25, 0.3) is 0 Å². The molecule has 1 N–H and O–H groups in total. The van der Waals surface area contributed by atoms with Crippen LogP contribution in [0.2, 0.25) is 0 Å². The molecule has 0 aliphatic heterocycles. The Kier molecular flexibility index (Phi) is 3.80. The van der Waals surface area contributed by atoms with E-state index in [1.165, 1.54) is 6.20 Å². The third-order valence-electron chi connectivity index (χ3n) is 2.82. The van der Waals surface area contributed by atoms with E-state index in [-0.39, 0.29) is 5.56 Å². The molecule has 0 saturated carbocycles. The smallest absolute Gasteiger partial charge is 0.339 e. The van der Waals surface area contributed by atoms with Crippen LogP contribution in [0.5, 0.6) is 5.75 Å². The van der Waals surface area contributed by atoms with E-state index in [1.807, 2.05) is 31.2 Å². The summed E-state index contributed by atoms with van der Waals surface area (Å²) in [6, 6.07) is 9.28. The Balaban J connectivity index is 2.52. The monoisotopic (exact) mass is 257 g/mol. The molecule has 2 rings (SSSR count). The SMILES string of the molecule is CCOc1cnc(-c2ccccc2C)cc1C(=O)O. The molecule has 0 spiro atoms. The Morgan fingerprint density at radius 1 is 1.37 bits per heavy atom. The number of benzene rings is 1. The molecule has 0 fully saturated rings. The third kappa shape index (κ3) is 2.73. The third-order valence-corrected chi connectivity index (χ3v) is 2.82. The van der Waals surface area contributed by atoms with Crippen molar-refractivity contribution in [1.82, 2.24) is 4.98 Å². The number of carbonyl (C=O) groups is 1. The van der Waals surface area contributed by atoms with Crippen molar-refractivity contribution in [2.75, 3.05) is 6.61 Å². The second-order valence-corrected chi connectivity index (χ2v) is 4.12. The quantitative estimate of drug-likeness (QED) is 0.914. The molecule has 1 aromatic carbocycles. The van der Waals surface area contributed by atoms with Crippen LogP contribution in [0, 0.1) is 6.92 Å². The minimum atomic E-state index is -1.01. The van der Waals surface area contributed by atoms with E-state index < -0.39 is 5.97 Å². The van der Waals surface area contributed by atoms with Crippen molar-refractivity contribution >= 4 is 5.97 Å². The fourth-order valence-corrected chi connectivity index (χ4v) is 1.89. The lowest BCUT2D eigenvalue weighted by atomic mass is 10.0. The van der Waals surface area contributed by atoms with Gasteiger partial charge in [-0.2, -0.15) is 0 Å². The number of carboxylic acid groups (broad SMARTS) is 1. The van der Waals surface area contributed by atoms with Crippen LogP contribution in [0.15, 0.2) is 36.5 Å². The maximum absolute atomic E-state index is 11.3. The van der Waals surface area contributed by atoms with Crippen molar-refractivity contribution in [2.45, 2.75) is 13.8 Å². The van der Waals surface area contributed by atoms with Gasteiger partial charge in [0, 0.05) is 5.56 Å². The maximum atomic E-state index is 11.3. The molecule has 4 nitrogen and oxygen atoms in total. The maximum Gasteiger partial charge on any atom is 0.339 e. The number of pyridine rings is 1. The molecule has 0 atom stereocenters. The van der Waals surface area contributed by atoms with Crippen molar-refractivity contribution in [3.05, 3.63) is 47.7 Å². The summed E-state index contributed by atoms with van der Waals surface area (Å²) in [5.74, 6) is -0.715. The molecule has 0 amide bonds. The lowest BCUT2D eigenvalue weighted by Gasteiger charge is -2.10. The first-order valence-corrected chi connectivity index (χ1v) is 6.05. The highest BCUT2D eigenvalue weighted by atomic mass is 16.5. The van der Waals surface area contributed by atoms with Crippen molar-refractivity contribution in [3.63, 3.8) is 0 Å². The van der Waals surface area contributed by atoms with E-state index in [0.717, 1.165) is 11.1 Å². The zero-order valence-electron chi connectivity index (χ0n) is 10.9. The standard InChI is InChI=1S/C15H15NO3/c1-3-19-14-9-16-13(8-12(14)15(17)18)11-7-5-4-6-10(11)2/h4-9H,3H2,1-2H3,(H,17,18). The van der Waals surface area contributed by atoms with Crippen LogP contribution in [-0.4, -0.2) is 22.7 Å². The van der Waals surface area contributed by atoms with Crippen molar-refractivity contribution in [2.24, 2.45) is 0 Å². The Morgan fingerprint density at radius 2 is 2.11 bits per heavy atom. The number of ether oxygens (including phenoxy) is 1. The number of aromatic carboxylic acids is 1. The molecule has 98 valence electrons. The summed E-state index contributed by atoms with van der Waals surface area (Å²) in [4.78, 5) is 15.5. The average molecular weight is 257 g/mol. The summed E-state index contributed by atoms with van der Waals surface area (Å²) < 4.78 is 5.28. The minimum absolute atomic E-state index is 0.134. The fraction of sp³-hybridized carbons (Fsp3) is 0.200. The second-order valence-electron chi connectivity index (χ2n) is 4.12. The van der Waals surface area contributed by atoms with E-state index in [2.05, 4.69) is 4.98 Å². The molecule has 0 aliphatic rings. The highest BCUT2D eigenvalue weighted by molar-refractivity contribution is 5.92. The lowest BCUT2D eigenvalue weighted by Crippen LogP contribution is -2.04. The molecular formula is C15H15NO3. The van der Waals surface area contributed by atoms with Crippen molar-refractivity contribution in [3.8, 4) is 17.0 Å². The van der Waals surface area contributed by atoms with Gasteiger partial charge >= 0.3 is 5.97 Å². The topological polar surface area (TPSA) is 59.4 Å². The zero-order valence-corrected chi connectivity index (χ0v) is 10.9. The van der Waals surface area contributed by atoms with Crippen LogP contribution in [-0.2, 0) is 0 Å². The van der Waals surface area contributed by atoms with Crippen LogP contribution < -0.4 is 4.74 Å². The molecule has 0 unspecified atom stereocenters. The Morgan fingerprint density at radius 3 is 2.74 bits per heavy atom. The van der Waals surface area contributed by atoms with Gasteiger partial charge in [0.15, 0.2) is 5.75 Å². The van der Waals surface area contributed by atoms with Gasteiger partial charge in [-0.1, -0.05) is 24.3 Å². The minimum Gasteiger partial charge on any atom is -0.491 e. The predicted molar refractivity (Wildman–Crippen MR) is 72.5 cm³/mol. The van der Waals surface area contributed by atoms with Gasteiger partial charge in [-0.15, -0.1) is 0 Å². The van der Waals surface area contributed by atoms with Crippen molar-refractivity contribution in [1.29, 1.82) is 0 Å². The number of hydrogen-bond acceptors (Lipinski definition) is 3. The summed E-state index contributed by atoms with van der Waals surface area (Å²) in [6.45, 7) is 4.18. The van der Waals surface area contributed by atoms with Crippen LogP contribution in [0.25, 0.3) is 11.3 Å². The summed E-state index contributed by atoms with van der Waals surface area (Å²) in [5, 5.41) is 9.23. The number of hydrogen-bond donors (Lipinski definition) is 1. The molecular weight excluding hydrogens is 242 g/mol. The molecule has 19 heavy (non-hydrogen) atoms. The fourth-order valence-electron chi connectivity index (χ4n) is 1.89. The molecule has 0 bridgehead atoms. The highest BCUT2D eigenvalue weighted by Crippen LogP contribution is 2.26. The van der Waals surface area contributed by atoms with E-state index in [9.17, 15) is 9.90 Å². The second kappa shape index (κ2) is 5.52. The number of aromatic nitrogens is 1. The van der Waals surface area contributed by atoms with Gasteiger partial charge in [0.2, 0.25) is 0 Å². The van der Waals surface area contributed by atoms with E-state index in [1.54, 1.807) is 13.0 Å². The Hall–Kier alpha value is -2.36. The summed E-state index contributed by atoms with van der Waals surface area (Å²) in [5.41, 5.74) is 2.75. The number of carboxylic acids is 1. The van der Waals surface area contributed by atoms with Crippen molar-refractivity contribution < 1.29 is 14.6 Å². The van der Waals surface area contributed by atoms with Gasteiger partial charge in [0.1, 0.15) is 5.56 Å². The summed E-state index contributed by atoms with van der Waals surface area (Å²) in [7, 11) is 0. The lowest BCUT2D eigenvalue weighted by molar-refractivity contribution is 0.0692. The average Bonchev–Trinajstić information content (AvgIpc) is 2.40. The molecule has 0 aliphatic carbocycles. The molecule has 1 aromatic heterocycles. The van der Waals surface area contributed by atoms with Gasteiger partial charge in [-0.25, -0.2) is 4.79 Å². The summed E-state index contributed by atoms with van der Waals surface area (Å²) in [6.07, 6.45) is 1.47. The van der Waals surface area contributed by atoms with Gasteiger partial charge in [-0.3, -0.25) is 4.98 Å². The normalized spacial score (nSPS) is 10.2. The first-order chi connectivity index (χ1) is 9.13. The molecule has 1 heterocycles. The highest BCUT2D eigenvalue weighted by Gasteiger charge is 2.14. The first kappa shape index (κ1) is 13.1. The largest absolute Gasteiger partial charge is 0.491 e. The Labute approximate surface area is 111 Å². The molecule has 2 aromatic rings. The molecule has 4 heteroatoms. The van der Waals surface area contributed by atoms with Crippen LogP contribution in [0.1, 0.15) is 22.8 Å². The predicted octanol–water partition coefficient (Wildman–Crippen LogP) is 3.15. The van der Waals surface area contributed by atoms with E-state index >= 15 is 0 Å². The van der Waals surface area contributed by atoms with E-state index in [0.29, 0.717) is 18.1 Å². The number of rotatable bonds is 4. The number of nitrogens with zero attached hydrogens (tertiary/aromatic N) is 1.